The van der Waals surface area contributed by atoms with Crippen LogP contribution in [0.2, 0.25) is 0 Å². The van der Waals surface area contributed by atoms with Gasteiger partial charge in [0.15, 0.2) is 17.3 Å². The average molecular weight is 449 g/mol. The summed E-state index contributed by atoms with van der Waals surface area (Å²) in [6.07, 6.45) is 1.52. The summed E-state index contributed by atoms with van der Waals surface area (Å²) >= 11 is 0. The molecule has 4 aromatic rings. The van der Waals surface area contributed by atoms with Crippen LogP contribution in [0.4, 0.5) is 4.39 Å². The number of aromatic nitrogens is 3. The Hall–Kier alpha value is -4.34. The summed E-state index contributed by atoms with van der Waals surface area (Å²) in [5, 5.41) is 4.86. The van der Waals surface area contributed by atoms with Crippen molar-refractivity contribution in [3.05, 3.63) is 82.5 Å². The third-order valence-corrected chi connectivity index (χ3v) is 4.96. The number of hydrazine groups is 1. The minimum absolute atomic E-state index is 0.0228. The van der Waals surface area contributed by atoms with Crippen LogP contribution in [0.15, 0.2) is 63.9 Å². The van der Waals surface area contributed by atoms with Crippen molar-refractivity contribution in [3.8, 4) is 11.3 Å². The second-order valence-electron chi connectivity index (χ2n) is 7.12. The predicted octanol–water partition coefficient (Wildman–Crippen LogP) is 2.60. The molecule has 33 heavy (non-hydrogen) atoms. The van der Waals surface area contributed by atoms with Crippen molar-refractivity contribution in [3.63, 3.8) is 0 Å². The van der Waals surface area contributed by atoms with Crippen molar-refractivity contribution < 1.29 is 18.4 Å². The van der Waals surface area contributed by atoms with Crippen LogP contribution in [0.25, 0.3) is 22.1 Å². The summed E-state index contributed by atoms with van der Waals surface area (Å²) in [4.78, 5) is 41.3. The van der Waals surface area contributed by atoms with E-state index in [1.165, 1.54) is 16.9 Å². The van der Waals surface area contributed by atoms with Gasteiger partial charge in [0.25, 0.3) is 11.5 Å². The van der Waals surface area contributed by atoms with Crippen LogP contribution in [0.1, 0.15) is 29.7 Å². The Morgan fingerprint density at radius 2 is 1.79 bits per heavy atom. The highest BCUT2D eigenvalue weighted by Gasteiger charge is 2.17. The number of amides is 2. The number of hydrogen-bond donors (Lipinski definition) is 2. The van der Waals surface area contributed by atoms with Gasteiger partial charge in [0.2, 0.25) is 5.91 Å². The predicted molar refractivity (Wildman–Crippen MR) is 118 cm³/mol. The fraction of sp³-hybridized carbons (Fsp3) is 0.174. The summed E-state index contributed by atoms with van der Waals surface area (Å²) in [5.74, 6) is -1.05. The van der Waals surface area contributed by atoms with Gasteiger partial charge in [0.1, 0.15) is 5.82 Å². The molecule has 10 heteroatoms. The lowest BCUT2D eigenvalue weighted by atomic mass is 10.1. The average Bonchev–Trinajstić information content (AvgIpc) is 3.31. The van der Waals surface area contributed by atoms with Gasteiger partial charge in [-0.25, -0.2) is 14.1 Å². The third-order valence-electron chi connectivity index (χ3n) is 4.96. The van der Waals surface area contributed by atoms with Gasteiger partial charge < -0.3 is 4.42 Å². The van der Waals surface area contributed by atoms with Crippen molar-refractivity contribution in [2.75, 3.05) is 0 Å². The number of rotatable bonds is 6. The number of oxazole rings is 1. The zero-order chi connectivity index (χ0) is 23.4. The van der Waals surface area contributed by atoms with Crippen molar-refractivity contribution in [2.24, 2.45) is 0 Å². The van der Waals surface area contributed by atoms with E-state index in [9.17, 15) is 18.8 Å². The molecule has 0 aliphatic rings. The van der Waals surface area contributed by atoms with Gasteiger partial charge in [-0.3, -0.25) is 25.2 Å². The summed E-state index contributed by atoms with van der Waals surface area (Å²) < 4.78 is 20.6. The first-order chi connectivity index (χ1) is 16.0. The van der Waals surface area contributed by atoms with Crippen molar-refractivity contribution in [1.82, 2.24) is 25.6 Å². The molecule has 0 atom stereocenters. The first kappa shape index (κ1) is 21.9. The van der Waals surface area contributed by atoms with Gasteiger partial charge in [0.05, 0.1) is 17.1 Å². The Labute approximate surface area is 187 Å². The molecule has 0 unspecified atom stereocenters. The second-order valence-corrected chi connectivity index (χ2v) is 7.12. The molecule has 2 N–H and O–H groups in total. The standard InChI is InChI=1S/C23H20FN5O4/c1-2-29-23(32)15-8-4-3-7-14(15)21(28-29)22(31)27-26-19(30)11-12-20-25-13-18(33-20)16-9-5-6-10-17(16)24/h3-10,13H,2,11-12H2,1H3,(H,26,30)(H,27,31). The number of halogens is 1. The molecule has 0 fully saturated rings. The number of aryl methyl sites for hydroxylation is 2. The van der Waals surface area contributed by atoms with Crippen molar-refractivity contribution >= 4 is 22.6 Å². The van der Waals surface area contributed by atoms with Gasteiger partial charge in [-0.05, 0) is 25.1 Å². The Balaban J connectivity index is 1.38. The molecule has 0 saturated heterocycles. The number of fused-ring (bicyclic) bond motifs is 1. The number of benzene rings is 2. The molecule has 0 bridgehead atoms. The smallest absolute Gasteiger partial charge is 0.290 e. The summed E-state index contributed by atoms with van der Waals surface area (Å²) in [7, 11) is 0. The SMILES string of the molecule is CCn1nc(C(=O)NNC(=O)CCc2ncc(-c3ccccc3F)o2)c2ccccc2c1=O. The summed E-state index contributed by atoms with van der Waals surface area (Å²) in [6, 6.07) is 12.8. The van der Waals surface area contributed by atoms with Gasteiger partial charge in [-0.2, -0.15) is 5.10 Å². The quantitative estimate of drug-likeness (QED) is 0.437. The number of hydrogen-bond acceptors (Lipinski definition) is 6. The molecular formula is C23H20FN5O4. The molecule has 0 spiro atoms. The molecule has 0 radical (unpaired) electrons. The second kappa shape index (κ2) is 9.43. The van der Waals surface area contributed by atoms with Gasteiger partial charge in [-0.1, -0.05) is 30.3 Å². The molecule has 2 aromatic carbocycles. The number of carbonyl (C=O) groups excluding carboxylic acids is 2. The van der Waals surface area contributed by atoms with Crippen LogP contribution in [0.5, 0.6) is 0 Å². The van der Waals surface area contributed by atoms with Crippen molar-refractivity contribution in [1.29, 1.82) is 0 Å². The van der Waals surface area contributed by atoms with Crippen LogP contribution < -0.4 is 16.4 Å². The van der Waals surface area contributed by atoms with E-state index in [1.54, 1.807) is 49.4 Å². The maximum atomic E-state index is 13.9. The van der Waals surface area contributed by atoms with E-state index in [1.807, 2.05) is 0 Å². The van der Waals surface area contributed by atoms with Crippen LogP contribution in [0, 0.1) is 5.82 Å². The maximum Gasteiger partial charge on any atom is 0.290 e. The van der Waals surface area contributed by atoms with Crippen LogP contribution in [-0.4, -0.2) is 26.6 Å². The van der Waals surface area contributed by atoms with E-state index in [-0.39, 0.29) is 41.3 Å². The fourth-order valence-corrected chi connectivity index (χ4v) is 3.30. The van der Waals surface area contributed by atoms with Crippen LogP contribution in [0.3, 0.4) is 0 Å². The molecule has 2 aromatic heterocycles. The molecular weight excluding hydrogens is 429 g/mol. The Morgan fingerprint density at radius 1 is 1.06 bits per heavy atom. The number of nitrogens with one attached hydrogen (secondary N) is 2. The van der Waals surface area contributed by atoms with Gasteiger partial charge in [-0.15, -0.1) is 0 Å². The highest BCUT2D eigenvalue weighted by Crippen LogP contribution is 2.23. The Kier molecular flexibility index (Phi) is 6.25. The zero-order valence-corrected chi connectivity index (χ0v) is 17.7. The normalized spacial score (nSPS) is 10.8. The highest BCUT2D eigenvalue weighted by molar-refractivity contribution is 6.05. The molecule has 0 aliphatic heterocycles. The van der Waals surface area contributed by atoms with E-state index in [2.05, 4.69) is 20.9 Å². The highest BCUT2D eigenvalue weighted by atomic mass is 19.1. The molecule has 0 aliphatic carbocycles. The minimum Gasteiger partial charge on any atom is -0.441 e. The van der Waals surface area contributed by atoms with Crippen LogP contribution in [-0.2, 0) is 17.8 Å². The fourth-order valence-electron chi connectivity index (χ4n) is 3.30. The number of carbonyl (C=O) groups is 2. The maximum absolute atomic E-state index is 13.9. The van der Waals surface area contributed by atoms with E-state index in [4.69, 9.17) is 4.42 Å². The molecule has 2 heterocycles. The zero-order valence-electron chi connectivity index (χ0n) is 17.7. The van der Waals surface area contributed by atoms with E-state index in [0.29, 0.717) is 17.3 Å². The molecule has 168 valence electrons. The minimum atomic E-state index is -0.653. The first-order valence-electron chi connectivity index (χ1n) is 10.3. The van der Waals surface area contributed by atoms with Gasteiger partial charge >= 0.3 is 0 Å². The largest absolute Gasteiger partial charge is 0.441 e. The Morgan fingerprint density at radius 3 is 2.55 bits per heavy atom. The van der Waals surface area contributed by atoms with E-state index >= 15 is 0 Å². The lowest BCUT2D eigenvalue weighted by Crippen LogP contribution is -2.42. The monoisotopic (exact) mass is 449 g/mol. The topological polar surface area (TPSA) is 119 Å². The van der Waals surface area contributed by atoms with E-state index in [0.717, 1.165) is 0 Å². The third kappa shape index (κ3) is 4.64. The Bertz CT molecular complexity index is 1400. The molecule has 2 amide bonds. The summed E-state index contributed by atoms with van der Waals surface area (Å²) in [5.41, 5.74) is 4.64. The van der Waals surface area contributed by atoms with Crippen molar-refractivity contribution in [2.45, 2.75) is 26.3 Å². The van der Waals surface area contributed by atoms with Crippen LogP contribution >= 0.6 is 0 Å². The first-order valence-corrected chi connectivity index (χ1v) is 10.3. The molecule has 4 rings (SSSR count). The molecule has 9 nitrogen and oxygen atoms in total. The number of nitrogens with zero attached hydrogens (tertiary/aromatic N) is 3. The lowest BCUT2D eigenvalue weighted by molar-refractivity contribution is -0.121. The van der Waals surface area contributed by atoms with Gasteiger partial charge in [0, 0.05) is 24.8 Å². The van der Waals surface area contributed by atoms with E-state index < -0.39 is 17.6 Å². The molecule has 0 saturated carbocycles. The summed E-state index contributed by atoms with van der Waals surface area (Å²) in [6.45, 7) is 2.04. The lowest BCUT2D eigenvalue weighted by Gasteiger charge is -2.10.